The van der Waals surface area contributed by atoms with E-state index >= 15 is 0 Å². The molecule has 36 heavy (non-hydrogen) atoms. The van der Waals surface area contributed by atoms with Crippen molar-refractivity contribution in [2.75, 3.05) is 13.1 Å². The summed E-state index contributed by atoms with van der Waals surface area (Å²) < 4.78 is 0. The van der Waals surface area contributed by atoms with Crippen molar-refractivity contribution < 1.29 is 24.6 Å². The number of aliphatic imine (C=N–C) groups is 2. The first kappa shape index (κ1) is 24.0. The van der Waals surface area contributed by atoms with Crippen LogP contribution in [0.3, 0.4) is 0 Å². The molecule has 1 aromatic carbocycles. The summed E-state index contributed by atoms with van der Waals surface area (Å²) in [5.74, 6) is -3.71. The Balaban J connectivity index is 1.45. The molecule has 0 bridgehead atoms. The molecular formula is C23H30N8O5. The molecule has 8 N–H and O–H groups in total. The minimum absolute atomic E-state index is 0.0567. The molecule has 1 aromatic rings. The van der Waals surface area contributed by atoms with Gasteiger partial charge in [0.2, 0.25) is 17.6 Å². The summed E-state index contributed by atoms with van der Waals surface area (Å²) in [4.78, 5) is 48.8. The van der Waals surface area contributed by atoms with E-state index in [2.05, 4.69) is 20.6 Å². The normalized spacial score (nSPS) is 30.6. The van der Waals surface area contributed by atoms with Crippen LogP contribution in [-0.2, 0) is 9.59 Å². The first-order valence-corrected chi connectivity index (χ1v) is 11.9. The van der Waals surface area contributed by atoms with Crippen LogP contribution in [0.15, 0.2) is 34.3 Å². The quantitative estimate of drug-likeness (QED) is 0.191. The molecule has 5 rings (SSSR count). The summed E-state index contributed by atoms with van der Waals surface area (Å²) >= 11 is 0. The zero-order valence-corrected chi connectivity index (χ0v) is 20.0. The highest BCUT2D eigenvalue weighted by molar-refractivity contribution is 6.02. The van der Waals surface area contributed by atoms with Gasteiger partial charge in [-0.3, -0.25) is 19.3 Å². The number of rotatable bonds is 5. The Labute approximate surface area is 207 Å². The fourth-order valence-electron chi connectivity index (χ4n) is 5.53. The fraction of sp³-hybridized carbons (Fsp3) is 0.522. The number of carbonyl (C=O) groups is 3. The van der Waals surface area contributed by atoms with Crippen molar-refractivity contribution in [1.82, 2.24) is 20.4 Å². The summed E-state index contributed by atoms with van der Waals surface area (Å²) in [6, 6.07) is 4.00. The Hall–Kier alpha value is -3.71. The van der Waals surface area contributed by atoms with Crippen LogP contribution in [0.1, 0.15) is 48.5 Å². The van der Waals surface area contributed by atoms with Gasteiger partial charge in [0, 0.05) is 24.9 Å². The average Bonchev–Trinajstić information content (AvgIpc) is 3.42. The van der Waals surface area contributed by atoms with Crippen LogP contribution < -0.4 is 22.1 Å². The van der Waals surface area contributed by atoms with E-state index < -0.39 is 35.5 Å². The molecule has 2 fully saturated rings. The van der Waals surface area contributed by atoms with E-state index in [0.717, 1.165) is 10.5 Å². The monoisotopic (exact) mass is 498 g/mol. The number of aliphatic hydroxyl groups is 2. The van der Waals surface area contributed by atoms with Gasteiger partial charge >= 0.3 is 0 Å². The number of hydrogen-bond acceptors (Lipinski definition) is 11. The Bertz CT molecular complexity index is 1180. The lowest BCUT2D eigenvalue weighted by molar-refractivity contribution is -0.230. The van der Waals surface area contributed by atoms with E-state index in [-0.39, 0.29) is 55.6 Å². The van der Waals surface area contributed by atoms with E-state index in [4.69, 9.17) is 11.5 Å². The predicted molar refractivity (Wildman–Crippen MR) is 128 cm³/mol. The minimum atomic E-state index is -2.61. The lowest BCUT2D eigenvalue weighted by atomic mass is 9.84. The molecule has 0 aromatic heterocycles. The summed E-state index contributed by atoms with van der Waals surface area (Å²) in [7, 11) is 0. The predicted octanol–water partition coefficient (Wildman–Crippen LogP) is -2.27. The maximum absolute atomic E-state index is 13.1. The third-order valence-electron chi connectivity index (χ3n) is 7.45. The third kappa shape index (κ3) is 3.41. The second-order valence-electron chi connectivity index (χ2n) is 9.95. The van der Waals surface area contributed by atoms with Gasteiger partial charge in [-0.05, 0) is 23.6 Å². The molecule has 4 aliphatic rings. The molecule has 1 spiro atoms. The molecule has 4 atom stereocenters. The number of nitrogens with zero attached hydrogens (tertiary/aromatic N) is 4. The topological polar surface area (TPSA) is 199 Å². The van der Waals surface area contributed by atoms with Gasteiger partial charge in [-0.1, -0.05) is 26.0 Å². The minimum Gasteiger partial charge on any atom is -0.370 e. The van der Waals surface area contributed by atoms with Crippen LogP contribution in [0.2, 0.25) is 0 Å². The Morgan fingerprint density at radius 1 is 1.22 bits per heavy atom. The second kappa shape index (κ2) is 8.17. The Morgan fingerprint density at radius 2 is 1.92 bits per heavy atom. The number of amides is 3. The molecule has 2 saturated heterocycles. The molecule has 13 nitrogen and oxygen atoms in total. The van der Waals surface area contributed by atoms with E-state index in [9.17, 15) is 24.6 Å². The summed E-state index contributed by atoms with van der Waals surface area (Å²) in [5, 5.41) is 28.6. The van der Waals surface area contributed by atoms with Gasteiger partial charge in [0.15, 0.2) is 17.6 Å². The smallest absolute Gasteiger partial charge is 0.251 e. The van der Waals surface area contributed by atoms with Gasteiger partial charge in [0.1, 0.15) is 12.1 Å². The van der Waals surface area contributed by atoms with Crippen molar-refractivity contribution in [3.8, 4) is 0 Å². The number of carbonyl (C=O) groups excluding carboxylic acids is 3. The van der Waals surface area contributed by atoms with Gasteiger partial charge in [0.05, 0.1) is 12.6 Å². The first-order chi connectivity index (χ1) is 17.0. The zero-order chi connectivity index (χ0) is 26.0. The van der Waals surface area contributed by atoms with Crippen molar-refractivity contribution in [3.05, 3.63) is 35.4 Å². The zero-order valence-electron chi connectivity index (χ0n) is 20.0. The van der Waals surface area contributed by atoms with Crippen LogP contribution in [0.5, 0.6) is 0 Å². The van der Waals surface area contributed by atoms with E-state index in [1.165, 1.54) is 4.90 Å². The highest BCUT2D eigenvalue weighted by Gasteiger charge is 2.73. The van der Waals surface area contributed by atoms with E-state index in [1.807, 2.05) is 19.9 Å². The molecule has 4 aliphatic heterocycles. The first-order valence-electron chi connectivity index (χ1n) is 11.9. The number of hydrogen-bond donors (Lipinski definition) is 6. The maximum Gasteiger partial charge on any atom is 0.251 e. The van der Waals surface area contributed by atoms with Crippen LogP contribution >= 0.6 is 0 Å². The third-order valence-corrected chi connectivity index (χ3v) is 7.45. The number of benzene rings is 1. The SMILES string of the molecule is CC(C)c1cccc(C(=O)NC2CN3C(N)=NC(CN4C(=O)CCC4=O)[C@@H]4N=C(N)N[C@@]43C2(O)O)c1. The highest BCUT2D eigenvalue weighted by Crippen LogP contribution is 2.45. The fourth-order valence-corrected chi connectivity index (χ4v) is 5.53. The van der Waals surface area contributed by atoms with Crippen molar-refractivity contribution >= 4 is 29.6 Å². The number of likely N-dealkylation sites (tertiary alicyclic amines) is 1. The van der Waals surface area contributed by atoms with Crippen molar-refractivity contribution in [1.29, 1.82) is 0 Å². The molecule has 0 radical (unpaired) electrons. The lowest BCUT2D eigenvalue weighted by Crippen LogP contribution is -2.78. The summed E-state index contributed by atoms with van der Waals surface area (Å²) in [5.41, 5.74) is 11.8. The average molecular weight is 499 g/mol. The standard InChI is InChI=1S/C23H30N8O5/c1-11(2)12-4-3-5-13(8-12)19(34)27-15-10-31-21(25)26-14(9-30-16(32)6-7-17(30)33)18-22(31,23(15,35)36)29-20(24)28-18/h3-5,8,11,14-15,18,35-36H,6-7,9-10H2,1-2H3,(H2,25,26)(H,27,34)(H3,24,28,29)/t14?,15?,18-,22-/m0/s1. The maximum atomic E-state index is 13.1. The highest BCUT2D eigenvalue weighted by atomic mass is 16.5. The van der Waals surface area contributed by atoms with Crippen molar-refractivity contribution in [2.45, 2.75) is 62.2 Å². The van der Waals surface area contributed by atoms with Crippen LogP contribution in [0.4, 0.5) is 0 Å². The van der Waals surface area contributed by atoms with Crippen LogP contribution in [0, 0.1) is 0 Å². The van der Waals surface area contributed by atoms with Gasteiger partial charge < -0.3 is 37.2 Å². The van der Waals surface area contributed by atoms with E-state index in [1.54, 1.807) is 18.2 Å². The Morgan fingerprint density at radius 3 is 2.58 bits per heavy atom. The number of nitrogens with one attached hydrogen (secondary N) is 2. The van der Waals surface area contributed by atoms with Gasteiger partial charge in [-0.15, -0.1) is 0 Å². The number of imide groups is 1. The Kier molecular flexibility index (Phi) is 5.45. The van der Waals surface area contributed by atoms with Crippen LogP contribution in [0.25, 0.3) is 0 Å². The van der Waals surface area contributed by atoms with Gasteiger partial charge in [0.25, 0.3) is 5.91 Å². The second-order valence-corrected chi connectivity index (χ2v) is 9.95. The number of guanidine groups is 2. The molecule has 0 saturated carbocycles. The lowest BCUT2D eigenvalue weighted by Gasteiger charge is -2.49. The molecular weight excluding hydrogens is 468 g/mol. The van der Waals surface area contributed by atoms with Gasteiger partial charge in [-0.25, -0.2) is 9.98 Å². The van der Waals surface area contributed by atoms with Gasteiger partial charge in [-0.2, -0.15) is 0 Å². The molecule has 13 heteroatoms. The summed E-state index contributed by atoms with van der Waals surface area (Å²) in [6.45, 7) is 3.79. The number of nitrogens with two attached hydrogens (primary N) is 2. The van der Waals surface area contributed by atoms with Crippen LogP contribution in [-0.4, -0.2) is 92.3 Å². The largest absolute Gasteiger partial charge is 0.370 e. The van der Waals surface area contributed by atoms with E-state index in [0.29, 0.717) is 5.56 Å². The molecule has 4 heterocycles. The molecule has 3 amide bonds. The molecule has 2 unspecified atom stereocenters. The van der Waals surface area contributed by atoms with Crippen molar-refractivity contribution in [2.24, 2.45) is 21.5 Å². The molecule has 0 aliphatic carbocycles. The molecule has 192 valence electrons. The van der Waals surface area contributed by atoms with Crippen molar-refractivity contribution in [3.63, 3.8) is 0 Å². The summed E-state index contributed by atoms with van der Waals surface area (Å²) in [6.07, 6.45) is 0.207.